The van der Waals surface area contributed by atoms with Crippen LogP contribution in [0.25, 0.3) is 0 Å². The molecule has 1 aliphatic rings. The molecule has 4 heteroatoms. The average molecular weight is 336 g/mol. The van der Waals surface area contributed by atoms with Crippen molar-refractivity contribution in [1.29, 1.82) is 0 Å². The lowest BCUT2D eigenvalue weighted by atomic mass is 10.1. The number of anilines is 1. The number of hydrogen-bond acceptors (Lipinski definition) is 2. The first-order valence-electron chi connectivity index (χ1n) is 8.84. The summed E-state index contributed by atoms with van der Waals surface area (Å²) in [7, 11) is 0. The zero-order valence-electron chi connectivity index (χ0n) is 14.8. The molecule has 2 amide bonds. The van der Waals surface area contributed by atoms with Crippen molar-refractivity contribution in [2.24, 2.45) is 0 Å². The molecule has 1 heterocycles. The number of nitrogens with one attached hydrogen (secondary N) is 1. The van der Waals surface area contributed by atoms with Gasteiger partial charge >= 0.3 is 0 Å². The molecule has 0 radical (unpaired) electrons. The molecule has 0 unspecified atom stereocenters. The second-order valence-corrected chi connectivity index (χ2v) is 6.43. The lowest BCUT2D eigenvalue weighted by Crippen LogP contribution is -2.48. The summed E-state index contributed by atoms with van der Waals surface area (Å²) in [5.41, 5.74) is 4.39. The van der Waals surface area contributed by atoms with E-state index in [1.54, 1.807) is 4.90 Å². The van der Waals surface area contributed by atoms with E-state index in [1.807, 2.05) is 43.3 Å². The van der Waals surface area contributed by atoms with Gasteiger partial charge in [0.15, 0.2) is 0 Å². The Morgan fingerprint density at radius 3 is 2.60 bits per heavy atom. The molecule has 0 aliphatic carbocycles. The maximum Gasteiger partial charge on any atom is 0.243 e. The molecule has 130 valence electrons. The number of para-hydroxylation sites is 1. The van der Waals surface area contributed by atoms with E-state index in [2.05, 4.69) is 24.4 Å². The van der Waals surface area contributed by atoms with Crippen molar-refractivity contribution >= 4 is 17.5 Å². The van der Waals surface area contributed by atoms with E-state index in [9.17, 15) is 9.59 Å². The monoisotopic (exact) mass is 336 g/mol. The number of carbonyl (C=O) groups is 2. The van der Waals surface area contributed by atoms with Gasteiger partial charge in [-0.1, -0.05) is 49.4 Å². The van der Waals surface area contributed by atoms with Crippen LogP contribution in [0.15, 0.2) is 48.5 Å². The van der Waals surface area contributed by atoms with Crippen molar-refractivity contribution in [3.8, 4) is 0 Å². The number of amides is 2. The zero-order chi connectivity index (χ0) is 17.8. The molecule has 2 aromatic carbocycles. The van der Waals surface area contributed by atoms with Crippen LogP contribution in [0.1, 0.15) is 30.0 Å². The quantitative estimate of drug-likeness (QED) is 0.912. The second-order valence-electron chi connectivity index (χ2n) is 6.43. The maximum atomic E-state index is 12.7. The van der Waals surface area contributed by atoms with Crippen LogP contribution in [0.5, 0.6) is 0 Å². The standard InChI is InChI=1S/C21H24N2O2/c1-3-20(24)23-18-11-7-6-10-17(18)14-19(23)21(25)22-13-12-16-9-5-4-8-15(16)2/h4-11,19H,3,12-14H2,1-2H3,(H,22,25)/t19-/m1/s1. The molecule has 0 fully saturated rings. The number of fused-ring (bicyclic) bond motifs is 1. The van der Waals surface area contributed by atoms with E-state index in [0.717, 1.165) is 17.7 Å². The van der Waals surface area contributed by atoms with Gasteiger partial charge in [0.05, 0.1) is 0 Å². The lowest BCUT2D eigenvalue weighted by Gasteiger charge is -2.24. The van der Waals surface area contributed by atoms with Crippen molar-refractivity contribution < 1.29 is 9.59 Å². The summed E-state index contributed by atoms with van der Waals surface area (Å²) < 4.78 is 0. The number of benzene rings is 2. The smallest absolute Gasteiger partial charge is 0.243 e. The molecule has 1 atom stereocenters. The fourth-order valence-corrected chi connectivity index (χ4v) is 3.40. The Balaban J connectivity index is 1.67. The summed E-state index contributed by atoms with van der Waals surface area (Å²) >= 11 is 0. The molecule has 0 spiro atoms. The van der Waals surface area contributed by atoms with Crippen molar-refractivity contribution in [3.05, 3.63) is 65.2 Å². The van der Waals surface area contributed by atoms with Crippen molar-refractivity contribution in [1.82, 2.24) is 5.32 Å². The van der Waals surface area contributed by atoms with Crippen LogP contribution in [-0.4, -0.2) is 24.4 Å². The SMILES string of the molecule is CCC(=O)N1c2ccccc2C[C@@H]1C(=O)NCCc1ccccc1C. The topological polar surface area (TPSA) is 49.4 Å². The molecule has 0 saturated carbocycles. The number of hydrogen-bond donors (Lipinski definition) is 1. The van der Waals surface area contributed by atoms with Crippen LogP contribution >= 0.6 is 0 Å². The molecular weight excluding hydrogens is 312 g/mol. The number of rotatable bonds is 5. The van der Waals surface area contributed by atoms with Gasteiger partial charge in [0.1, 0.15) is 6.04 Å². The molecule has 0 bridgehead atoms. The van der Waals surface area contributed by atoms with E-state index < -0.39 is 6.04 Å². The molecule has 0 saturated heterocycles. The average Bonchev–Trinajstić information content (AvgIpc) is 3.02. The predicted octanol–water partition coefficient (Wildman–Crippen LogP) is 3.02. The van der Waals surface area contributed by atoms with Gasteiger partial charge in [-0.05, 0) is 36.1 Å². The van der Waals surface area contributed by atoms with Gasteiger partial charge < -0.3 is 5.32 Å². The summed E-state index contributed by atoms with van der Waals surface area (Å²) in [6.45, 7) is 4.48. The molecule has 1 aliphatic heterocycles. The minimum absolute atomic E-state index is 0.0102. The van der Waals surface area contributed by atoms with Gasteiger partial charge in [0.2, 0.25) is 11.8 Å². The third kappa shape index (κ3) is 3.58. The van der Waals surface area contributed by atoms with Crippen LogP contribution in [0.4, 0.5) is 5.69 Å². The third-order valence-corrected chi connectivity index (χ3v) is 4.80. The number of aryl methyl sites for hydroxylation is 1. The number of nitrogens with zero attached hydrogens (tertiary/aromatic N) is 1. The van der Waals surface area contributed by atoms with E-state index in [0.29, 0.717) is 19.4 Å². The van der Waals surface area contributed by atoms with Gasteiger partial charge in [0, 0.05) is 25.1 Å². The highest BCUT2D eigenvalue weighted by Crippen LogP contribution is 2.32. The third-order valence-electron chi connectivity index (χ3n) is 4.80. The first kappa shape index (κ1) is 17.2. The van der Waals surface area contributed by atoms with Gasteiger partial charge in [0.25, 0.3) is 0 Å². The highest BCUT2D eigenvalue weighted by molar-refractivity contribution is 6.03. The summed E-state index contributed by atoms with van der Waals surface area (Å²) in [6.07, 6.45) is 1.76. The Kier molecular flexibility index (Phi) is 5.17. The Labute approximate surface area is 148 Å². The van der Waals surface area contributed by atoms with Crippen molar-refractivity contribution in [2.75, 3.05) is 11.4 Å². The Morgan fingerprint density at radius 2 is 1.84 bits per heavy atom. The molecule has 0 aromatic heterocycles. The summed E-state index contributed by atoms with van der Waals surface area (Å²) in [5.74, 6) is -0.0874. The first-order valence-corrected chi connectivity index (χ1v) is 8.84. The molecule has 25 heavy (non-hydrogen) atoms. The summed E-state index contributed by atoms with van der Waals surface area (Å²) in [6, 6.07) is 15.5. The predicted molar refractivity (Wildman–Crippen MR) is 99.6 cm³/mol. The molecule has 2 aromatic rings. The van der Waals surface area contributed by atoms with Crippen molar-refractivity contribution in [3.63, 3.8) is 0 Å². The van der Waals surface area contributed by atoms with Crippen LogP contribution < -0.4 is 10.2 Å². The molecular formula is C21H24N2O2. The number of carbonyl (C=O) groups excluding carboxylic acids is 2. The van der Waals surface area contributed by atoms with Gasteiger partial charge in [-0.3, -0.25) is 14.5 Å². The van der Waals surface area contributed by atoms with E-state index in [4.69, 9.17) is 0 Å². The molecule has 4 nitrogen and oxygen atoms in total. The van der Waals surface area contributed by atoms with Crippen LogP contribution in [0, 0.1) is 6.92 Å². The zero-order valence-corrected chi connectivity index (χ0v) is 14.8. The molecule has 1 N–H and O–H groups in total. The fraction of sp³-hybridized carbons (Fsp3) is 0.333. The Hall–Kier alpha value is -2.62. The Morgan fingerprint density at radius 1 is 1.12 bits per heavy atom. The van der Waals surface area contributed by atoms with Crippen LogP contribution in [0.3, 0.4) is 0 Å². The second kappa shape index (κ2) is 7.51. The normalized spacial score (nSPS) is 15.8. The minimum atomic E-state index is -0.443. The summed E-state index contributed by atoms with van der Waals surface area (Å²) in [5, 5.41) is 3.01. The fourth-order valence-electron chi connectivity index (χ4n) is 3.40. The largest absolute Gasteiger partial charge is 0.354 e. The van der Waals surface area contributed by atoms with Gasteiger partial charge in [-0.25, -0.2) is 0 Å². The highest BCUT2D eigenvalue weighted by atomic mass is 16.2. The minimum Gasteiger partial charge on any atom is -0.354 e. The molecule has 3 rings (SSSR count). The first-order chi connectivity index (χ1) is 12.1. The van der Waals surface area contributed by atoms with E-state index in [1.165, 1.54) is 11.1 Å². The lowest BCUT2D eigenvalue weighted by molar-refractivity contribution is -0.126. The van der Waals surface area contributed by atoms with Crippen molar-refractivity contribution in [2.45, 2.75) is 39.2 Å². The highest BCUT2D eigenvalue weighted by Gasteiger charge is 2.37. The van der Waals surface area contributed by atoms with Gasteiger partial charge in [-0.2, -0.15) is 0 Å². The maximum absolute atomic E-state index is 12.7. The van der Waals surface area contributed by atoms with E-state index >= 15 is 0 Å². The Bertz CT molecular complexity index is 785. The van der Waals surface area contributed by atoms with E-state index in [-0.39, 0.29) is 11.8 Å². The van der Waals surface area contributed by atoms with Crippen LogP contribution in [-0.2, 0) is 22.4 Å². The van der Waals surface area contributed by atoms with Gasteiger partial charge in [-0.15, -0.1) is 0 Å². The summed E-state index contributed by atoms with van der Waals surface area (Å²) in [4.78, 5) is 26.8. The van der Waals surface area contributed by atoms with Crippen LogP contribution in [0.2, 0.25) is 0 Å².